The molecule has 0 aromatic heterocycles. The molecule has 2 aliphatic rings. The first-order valence-corrected chi connectivity index (χ1v) is 9.98. The predicted octanol–water partition coefficient (Wildman–Crippen LogP) is 3.33. The maximum Gasteiger partial charge on any atom is 0.269 e. The first kappa shape index (κ1) is 18.7. The highest BCUT2D eigenvalue weighted by molar-refractivity contribution is 6.39. The molecular formula is C23H27N3O2. The second-order valence-corrected chi connectivity index (χ2v) is 7.96. The SMILES string of the molecule is C[C@H](CNC(=O)C1=NO[C@@]2(CCN(Cc3ccccc3)C2)C1)c1ccccc1. The van der Waals surface area contributed by atoms with Gasteiger partial charge in [-0.05, 0) is 17.0 Å². The Kier molecular flexibility index (Phi) is 5.44. The van der Waals surface area contributed by atoms with Crippen LogP contribution in [0.4, 0.5) is 0 Å². The number of likely N-dealkylation sites (tertiary alicyclic amines) is 1. The van der Waals surface area contributed by atoms with E-state index in [0.29, 0.717) is 18.7 Å². The van der Waals surface area contributed by atoms with E-state index in [1.807, 2.05) is 24.3 Å². The van der Waals surface area contributed by atoms with Crippen LogP contribution in [0.5, 0.6) is 0 Å². The van der Waals surface area contributed by atoms with Crippen LogP contribution >= 0.6 is 0 Å². The predicted molar refractivity (Wildman–Crippen MR) is 110 cm³/mol. The molecule has 1 N–H and O–H groups in total. The Labute approximate surface area is 166 Å². The van der Waals surface area contributed by atoms with Gasteiger partial charge in [0.15, 0.2) is 5.60 Å². The van der Waals surface area contributed by atoms with Gasteiger partial charge in [-0.2, -0.15) is 0 Å². The minimum atomic E-state index is -0.341. The summed E-state index contributed by atoms with van der Waals surface area (Å²) in [5.41, 5.74) is 2.69. The minimum absolute atomic E-state index is 0.110. The summed E-state index contributed by atoms with van der Waals surface area (Å²) < 4.78 is 0. The van der Waals surface area contributed by atoms with Crippen LogP contribution in [-0.2, 0) is 16.2 Å². The molecule has 0 aliphatic carbocycles. The third kappa shape index (κ3) is 4.25. The van der Waals surface area contributed by atoms with Crippen LogP contribution in [0.15, 0.2) is 65.8 Å². The third-order valence-electron chi connectivity index (χ3n) is 5.68. The van der Waals surface area contributed by atoms with Crippen molar-refractivity contribution in [2.45, 2.75) is 37.8 Å². The molecule has 2 aromatic rings. The number of benzene rings is 2. The molecule has 1 amide bonds. The lowest BCUT2D eigenvalue weighted by molar-refractivity contribution is -0.115. The molecule has 0 saturated carbocycles. The average Bonchev–Trinajstić information content (AvgIpc) is 3.34. The van der Waals surface area contributed by atoms with Gasteiger partial charge in [0.05, 0.1) is 0 Å². The third-order valence-corrected chi connectivity index (χ3v) is 5.68. The fourth-order valence-electron chi connectivity index (χ4n) is 4.01. The van der Waals surface area contributed by atoms with Crippen molar-refractivity contribution in [1.82, 2.24) is 10.2 Å². The van der Waals surface area contributed by atoms with Crippen LogP contribution in [0.1, 0.15) is 36.8 Å². The molecule has 0 unspecified atom stereocenters. The Bertz CT molecular complexity index is 837. The van der Waals surface area contributed by atoms with E-state index in [1.165, 1.54) is 11.1 Å². The fraction of sp³-hybridized carbons (Fsp3) is 0.391. The van der Waals surface area contributed by atoms with Crippen molar-refractivity contribution in [3.8, 4) is 0 Å². The molecular weight excluding hydrogens is 350 g/mol. The zero-order valence-corrected chi connectivity index (χ0v) is 16.3. The van der Waals surface area contributed by atoms with Crippen LogP contribution in [0.3, 0.4) is 0 Å². The number of hydrogen-bond donors (Lipinski definition) is 1. The molecule has 2 heterocycles. The molecule has 5 heteroatoms. The molecule has 0 radical (unpaired) electrons. The van der Waals surface area contributed by atoms with Crippen molar-refractivity contribution in [3.05, 3.63) is 71.8 Å². The molecule has 0 bridgehead atoms. The molecule has 146 valence electrons. The van der Waals surface area contributed by atoms with Crippen LogP contribution in [0, 0.1) is 0 Å². The molecule has 2 aromatic carbocycles. The summed E-state index contributed by atoms with van der Waals surface area (Å²) in [5, 5.41) is 7.16. The van der Waals surface area contributed by atoms with Gasteiger partial charge in [-0.25, -0.2) is 0 Å². The molecule has 4 rings (SSSR count). The topological polar surface area (TPSA) is 53.9 Å². The van der Waals surface area contributed by atoms with Gasteiger partial charge in [-0.3, -0.25) is 9.69 Å². The highest BCUT2D eigenvalue weighted by Gasteiger charge is 2.46. The van der Waals surface area contributed by atoms with E-state index in [0.717, 1.165) is 26.1 Å². The van der Waals surface area contributed by atoms with Gasteiger partial charge < -0.3 is 10.2 Å². The Balaban J connectivity index is 1.27. The molecule has 1 fully saturated rings. The summed E-state index contributed by atoms with van der Waals surface area (Å²) in [7, 11) is 0. The standard InChI is InChI=1S/C23H27N3O2/c1-18(20-10-6-3-7-11-20)15-24-22(27)21-14-23(28-25-21)12-13-26(17-23)16-19-8-4-2-5-9-19/h2-11,18H,12-17H2,1H3,(H,24,27)/t18-,23+/m1/s1. The van der Waals surface area contributed by atoms with Crippen molar-refractivity contribution in [2.75, 3.05) is 19.6 Å². The van der Waals surface area contributed by atoms with Crippen molar-refractivity contribution in [2.24, 2.45) is 5.16 Å². The lowest BCUT2D eigenvalue weighted by Gasteiger charge is -2.21. The quantitative estimate of drug-likeness (QED) is 0.840. The van der Waals surface area contributed by atoms with Crippen molar-refractivity contribution in [3.63, 3.8) is 0 Å². The Morgan fingerprint density at radius 3 is 2.64 bits per heavy atom. The number of rotatable bonds is 6. The average molecular weight is 377 g/mol. The van der Waals surface area contributed by atoms with Gasteiger partial charge >= 0.3 is 0 Å². The number of nitrogens with one attached hydrogen (secondary N) is 1. The highest BCUT2D eigenvalue weighted by Crippen LogP contribution is 2.34. The Morgan fingerprint density at radius 2 is 1.89 bits per heavy atom. The van der Waals surface area contributed by atoms with E-state index < -0.39 is 0 Å². The highest BCUT2D eigenvalue weighted by atomic mass is 16.7. The van der Waals surface area contributed by atoms with Crippen LogP contribution in [-0.4, -0.2) is 41.8 Å². The number of nitrogens with zero attached hydrogens (tertiary/aromatic N) is 2. The molecule has 2 aliphatic heterocycles. The monoisotopic (exact) mass is 377 g/mol. The largest absolute Gasteiger partial charge is 0.387 e. The van der Waals surface area contributed by atoms with Gasteiger partial charge in [-0.15, -0.1) is 0 Å². The van der Waals surface area contributed by atoms with E-state index in [2.05, 4.69) is 58.7 Å². The molecule has 1 saturated heterocycles. The van der Waals surface area contributed by atoms with Gasteiger partial charge in [0.1, 0.15) is 5.71 Å². The second-order valence-electron chi connectivity index (χ2n) is 7.96. The number of oxime groups is 1. The molecule has 2 atom stereocenters. The lowest BCUT2D eigenvalue weighted by Crippen LogP contribution is -2.37. The fourth-order valence-corrected chi connectivity index (χ4v) is 4.01. The lowest BCUT2D eigenvalue weighted by atomic mass is 9.96. The van der Waals surface area contributed by atoms with Crippen molar-refractivity contribution < 1.29 is 9.63 Å². The summed E-state index contributed by atoms with van der Waals surface area (Å²) in [4.78, 5) is 20.7. The van der Waals surface area contributed by atoms with Gasteiger partial charge in [-0.1, -0.05) is 72.7 Å². The molecule has 28 heavy (non-hydrogen) atoms. The Morgan fingerprint density at radius 1 is 1.18 bits per heavy atom. The molecule has 1 spiro atoms. The summed E-state index contributed by atoms with van der Waals surface area (Å²) in [6.45, 7) is 5.38. The van der Waals surface area contributed by atoms with E-state index in [-0.39, 0.29) is 17.4 Å². The van der Waals surface area contributed by atoms with Crippen molar-refractivity contribution in [1.29, 1.82) is 0 Å². The van der Waals surface area contributed by atoms with Crippen LogP contribution in [0.25, 0.3) is 0 Å². The van der Waals surface area contributed by atoms with Gasteiger partial charge in [0.2, 0.25) is 0 Å². The van der Waals surface area contributed by atoms with Crippen LogP contribution in [0.2, 0.25) is 0 Å². The number of carbonyl (C=O) groups is 1. The van der Waals surface area contributed by atoms with Gasteiger partial charge in [0, 0.05) is 39.0 Å². The van der Waals surface area contributed by atoms with Gasteiger partial charge in [0.25, 0.3) is 5.91 Å². The Hall–Kier alpha value is -2.66. The van der Waals surface area contributed by atoms with E-state index in [9.17, 15) is 4.79 Å². The summed E-state index contributed by atoms with van der Waals surface area (Å²) in [6.07, 6.45) is 1.49. The van der Waals surface area contributed by atoms with Crippen LogP contribution < -0.4 is 5.32 Å². The van der Waals surface area contributed by atoms with E-state index >= 15 is 0 Å². The first-order valence-electron chi connectivity index (χ1n) is 9.98. The zero-order valence-electron chi connectivity index (χ0n) is 16.3. The summed E-state index contributed by atoms with van der Waals surface area (Å²) in [6, 6.07) is 20.7. The first-order chi connectivity index (χ1) is 13.6. The normalized spacial score (nSPS) is 22.7. The second kappa shape index (κ2) is 8.15. The number of carbonyl (C=O) groups excluding carboxylic acids is 1. The van der Waals surface area contributed by atoms with Crippen molar-refractivity contribution >= 4 is 11.6 Å². The zero-order chi connectivity index (χ0) is 19.4. The molecule has 5 nitrogen and oxygen atoms in total. The maximum absolute atomic E-state index is 12.6. The smallest absolute Gasteiger partial charge is 0.269 e. The summed E-state index contributed by atoms with van der Waals surface area (Å²) >= 11 is 0. The summed E-state index contributed by atoms with van der Waals surface area (Å²) in [5.74, 6) is 0.149. The number of hydrogen-bond acceptors (Lipinski definition) is 4. The van der Waals surface area contributed by atoms with E-state index in [4.69, 9.17) is 4.84 Å². The number of amides is 1. The van der Waals surface area contributed by atoms with E-state index in [1.54, 1.807) is 0 Å². The maximum atomic E-state index is 12.6. The minimum Gasteiger partial charge on any atom is -0.387 e.